The van der Waals surface area contributed by atoms with Gasteiger partial charge in [-0.3, -0.25) is 14.3 Å². The number of aryl methyl sites for hydroxylation is 1. The summed E-state index contributed by atoms with van der Waals surface area (Å²) in [4.78, 5) is 21.8. The van der Waals surface area contributed by atoms with Gasteiger partial charge >= 0.3 is 0 Å². The molecule has 15 heavy (non-hydrogen) atoms. The van der Waals surface area contributed by atoms with E-state index >= 15 is 0 Å². The standard InChI is InChI=1S/C8H9F2N3O2/c1-2-13-4-5(11-12-13)6(14)3-7(15)8(9)10/h4,8H,2-3H2,1H3. The largest absolute Gasteiger partial charge is 0.296 e. The van der Waals surface area contributed by atoms with Gasteiger partial charge in [-0.15, -0.1) is 5.10 Å². The highest BCUT2D eigenvalue weighted by Crippen LogP contribution is 2.04. The van der Waals surface area contributed by atoms with Gasteiger partial charge in [0.25, 0.3) is 6.43 Å². The van der Waals surface area contributed by atoms with E-state index in [4.69, 9.17) is 0 Å². The van der Waals surface area contributed by atoms with Crippen LogP contribution < -0.4 is 0 Å². The molecular formula is C8H9F2N3O2. The number of carbonyl (C=O) groups is 2. The number of ketones is 2. The average Bonchev–Trinajstić information content (AvgIpc) is 2.65. The molecule has 0 aliphatic heterocycles. The summed E-state index contributed by atoms with van der Waals surface area (Å²) in [6, 6.07) is 0. The van der Waals surface area contributed by atoms with Crippen molar-refractivity contribution >= 4 is 11.6 Å². The number of hydrogen-bond acceptors (Lipinski definition) is 4. The van der Waals surface area contributed by atoms with Crippen molar-refractivity contribution in [3.63, 3.8) is 0 Å². The number of nitrogens with zero attached hydrogens (tertiary/aromatic N) is 3. The van der Waals surface area contributed by atoms with Crippen molar-refractivity contribution in [2.75, 3.05) is 0 Å². The van der Waals surface area contributed by atoms with E-state index in [0.717, 1.165) is 0 Å². The molecule has 0 aliphatic rings. The molecule has 82 valence electrons. The van der Waals surface area contributed by atoms with Crippen molar-refractivity contribution in [3.05, 3.63) is 11.9 Å². The Bertz CT molecular complexity index is 376. The predicted octanol–water partition coefficient (Wildman–Crippen LogP) is 0.705. The Morgan fingerprint density at radius 3 is 2.67 bits per heavy atom. The van der Waals surface area contributed by atoms with Gasteiger partial charge in [0.1, 0.15) is 5.69 Å². The lowest BCUT2D eigenvalue weighted by molar-refractivity contribution is -0.128. The monoisotopic (exact) mass is 217 g/mol. The molecular weight excluding hydrogens is 208 g/mol. The fourth-order valence-corrected chi connectivity index (χ4v) is 0.907. The molecule has 0 unspecified atom stereocenters. The molecule has 1 aromatic rings. The van der Waals surface area contributed by atoms with Gasteiger partial charge in [-0.25, -0.2) is 8.78 Å². The summed E-state index contributed by atoms with van der Waals surface area (Å²) < 4.78 is 25.0. The highest BCUT2D eigenvalue weighted by Gasteiger charge is 2.21. The van der Waals surface area contributed by atoms with Gasteiger partial charge in [-0.1, -0.05) is 5.21 Å². The van der Waals surface area contributed by atoms with Crippen LogP contribution in [0.3, 0.4) is 0 Å². The minimum atomic E-state index is -3.12. The second kappa shape index (κ2) is 4.72. The van der Waals surface area contributed by atoms with Crippen LogP contribution in [0.1, 0.15) is 23.8 Å². The maximum atomic E-state index is 11.8. The molecule has 0 bridgehead atoms. The zero-order chi connectivity index (χ0) is 11.4. The summed E-state index contributed by atoms with van der Waals surface area (Å²) >= 11 is 0. The van der Waals surface area contributed by atoms with Crippen LogP contribution in [0.25, 0.3) is 0 Å². The quantitative estimate of drug-likeness (QED) is 0.538. The predicted molar refractivity (Wildman–Crippen MR) is 45.7 cm³/mol. The van der Waals surface area contributed by atoms with Crippen molar-refractivity contribution in [3.8, 4) is 0 Å². The molecule has 0 N–H and O–H groups in total. The smallest absolute Gasteiger partial charge is 0.293 e. The van der Waals surface area contributed by atoms with E-state index < -0.39 is 24.4 Å². The summed E-state index contributed by atoms with van der Waals surface area (Å²) in [6.07, 6.45) is -2.63. The maximum Gasteiger partial charge on any atom is 0.296 e. The van der Waals surface area contributed by atoms with Crippen molar-refractivity contribution in [2.45, 2.75) is 26.3 Å². The SMILES string of the molecule is CCn1cc(C(=O)CC(=O)C(F)F)nn1. The van der Waals surface area contributed by atoms with Gasteiger partial charge in [0.15, 0.2) is 5.78 Å². The lowest BCUT2D eigenvalue weighted by Crippen LogP contribution is -2.15. The Morgan fingerprint density at radius 1 is 1.53 bits per heavy atom. The Morgan fingerprint density at radius 2 is 2.20 bits per heavy atom. The molecule has 7 heteroatoms. The molecule has 1 aromatic heterocycles. The minimum Gasteiger partial charge on any atom is -0.293 e. The third-order valence-corrected chi connectivity index (χ3v) is 1.73. The van der Waals surface area contributed by atoms with Crippen LogP contribution >= 0.6 is 0 Å². The number of halogens is 2. The summed E-state index contributed by atoms with van der Waals surface area (Å²) in [5.41, 5.74) is -0.0640. The number of carbonyl (C=O) groups excluding carboxylic acids is 2. The Balaban J connectivity index is 2.65. The number of hydrogen-bond donors (Lipinski definition) is 0. The molecule has 1 rings (SSSR count). The average molecular weight is 217 g/mol. The lowest BCUT2D eigenvalue weighted by atomic mass is 10.2. The Kier molecular flexibility index (Phi) is 3.59. The summed E-state index contributed by atoms with van der Waals surface area (Å²) in [7, 11) is 0. The van der Waals surface area contributed by atoms with Crippen LogP contribution in [0.5, 0.6) is 0 Å². The van der Waals surface area contributed by atoms with E-state index in [2.05, 4.69) is 10.3 Å². The maximum absolute atomic E-state index is 11.8. The minimum absolute atomic E-state index is 0.0640. The number of alkyl halides is 2. The van der Waals surface area contributed by atoms with Gasteiger partial charge in [-0.05, 0) is 6.92 Å². The first-order valence-electron chi connectivity index (χ1n) is 4.28. The third-order valence-electron chi connectivity index (χ3n) is 1.73. The summed E-state index contributed by atoms with van der Waals surface area (Å²) in [6.45, 7) is 2.30. The summed E-state index contributed by atoms with van der Waals surface area (Å²) in [5, 5.41) is 7.02. The Hall–Kier alpha value is -1.66. The zero-order valence-corrected chi connectivity index (χ0v) is 7.98. The molecule has 0 spiro atoms. The van der Waals surface area contributed by atoms with Crippen LogP contribution in [0, 0.1) is 0 Å². The third kappa shape index (κ3) is 2.90. The molecule has 0 saturated carbocycles. The van der Waals surface area contributed by atoms with Crippen molar-refractivity contribution in [2.24, 2.45) is 0 Å². The number of rotatable bonds is 5. The van der Waals surface area contributed by atoms with Crippen LogP contribution in [-0.2, 0) is 11.3 Å². The van der Waals surface area contributed by atoms with Crippen molar-refractivity contribution < 1.29 is 18.4 Å². The van der Waals surface area contributed by atoms with Gasteiger partial charge in [-0.2, -0.15) is 0 Å². The molecule has 5 nitrogen and oxygen atoms in total. The topological polar surface area (TPSA) is 64.8 Å². The van der Waals surface area contributed by atoms with E-state index in [1.807, 2.05) is 0 Å². The van der Waals surface area contributed by atoms with Crippen LogP contribution in [-0.4, -0.2) is 33.0 Å². The second-order valence-corrected chi connectivity index (χ2v) is 2.83. The van der Waals surface area contributed by atoms with E-state index in [-0.39, 0.29) is 5.69 Å². The van der Waals surface area contributed by atoms with Crippen LogP contribution in [0.4, 0.5) is 8.78 Å². The van der Waals surface area contributed by atoms with Crippen LogP contribution in [0.15, 0.2) is 6.20 Å². The number of aromatic nitrogens is 3. The first-order chi connectivity index (χ1) is 7.04. The van der Waals surface area contributed by atoms with E-state index in [1.165, 1.54) is 10.9 Å². The van der Waals surface area contributed by atoms with Gasteiger partial charge in [0.05, 0.1) is 12.6 Å². The molecule has 0 fully saturated rings. The molecule has 0 atom stereocenters. The van der Waals surface area contributed by atoms with E-state index in [9.17, 15) is 18.4 Å². The highest BCUT2D eigenvalue weighted by atomic mass is 19.3. The van der Waals surface area contributed by atoms with E-state index in [1.54, 1.807) is 6.92 Å². The summed E-state index contributed by atoms with van der Waals surface area (Å²) in [5.74, 6) is -2.13. The highest BCUT2D eigenvalue weighted by molar-refractivity contribution is 6.07. The van der Waals surface area contributed by atoms with Crippen molar-refractivity contribution in [1.29, 1.82) is 0 Å². The van der Waals surface area contributed by atoms with E-state index in [0.29, 0.717) is 6.54 Å². The van der Waals surface area contributed by atoms with Gasteiger partial charge in [0.2, 0.25) is 5.78 Å². The van der Waals surface area contributed by atoms with Gasteiger partial charge < -0.3 is 0 Å². The second-order valence-electron chi connectivity index (χ2n) is 2.83. The normalized spacial score (nSPS) is 10.7. The first kappa shape index (κ1) is 11.4. The lowest BCUT2D eigenvalue weighted by Gasteiger charge is -1.95. The van der Waals surface area contributed by atoms with Crippen molar-refractivity contribution in [1.82, 2.24) is 15.0 Å². The molecule has 0 saturated heterocycles. The van der Waals surface area contributed by atoms with Crippen LogP contribution in [0.2, 0.25) is 0 Å². The fraction of sp³-hybridized carbons (Fsp3) is 0.500. The first-order valence-corrected chi connectivity index (χ1v) is 4.28. The van der Waals surface area contributed by atoms with Gasteiger partial charge in [0, 0.05) is 6.54 Å². The zero-order valence-electron chi connectivity index (χ0n) is 7.98. The Labute approximate surface area is 84.1 Å². The fourth-order valence-electron chi connectivity index (χ4n) is 0.907. The molecule has 0 amide bonds. The molecule has 0 aliphatic carbocycles. The molecule has 1 heterocycles. The number of Topliss-reactive ketones (excluding diaryl/α,β-unsaturated/α-hetero) is 2. The molecule has 0 aromatic carbocycles. The molecule has 0 radical (unpaired) electrons.